The summed E-state index contributed by atoms with van der Waals surface area (Å²) in [5, 5.41) is 10.3. The minimum Gasteiger partial charge on any atom is -0.197 e. The van der Waals surface area contributed by atoms with Crippen LogP contribution in [0.25, 0.3) is 0 Å². The molecule has 78 valence electrons. The average molecular weight is 240 g/mol. The van der Waals surface area contributed by atoms with Crippen LogP contribution in [0.15, 0.2) is 30.9 Å². The molecule has 3 heteroatoms. The third-order valence-corrected chi connectivity index (χ3v) is 2.74. The molecule has 0 radical (unpaired) electrons. The Morgan fingerprint density at radius 2 is 1.93 bits per heavy atom. The van der Waals surface area contributed by atoms with Crippen molar-refractivity contribution < 1.29 is 0 Å². The number of halogens is 2. The third kappa shape index (κ3) is 2.75. The van der Waals surface area contributed by atoms with Crippen molar-refractivity contribution in [3.05, 3.63) is 46.5 Å². The van der Waals surface area contributed by atoms with Crippen LogP contribution in [0.5, 0.6) is 0 Å². The summed E-state index contributed by atoms with van der Waals surface area (Å²) in [4.78, 5) is 0. The molecule has 0 heterocycles. The SMILES string of the molecule is C=CCC(C)(C#N)c1cc(Cl)cc(Cl)c1. The summed E-state index contributed by atoms with van der Waals surface area (Å²) < 4.78 is 0. The number of nitrogens with zero attached hydrogens (tertiary/aromatic N) is 1. The highest BCUT2D eigenvalue weighted by Crippen LogP contribution is 2.31. The summed E-state index contributed by atoms with van der Waals surface area (Å²) >= 11 is 11.8. The first-order valence-corrected chi connectivity index (χ1v) is 5.26. The fourth-order valence-electron chi connectivity index (χ4n) is 1.39. The van der Waals surface area contributed by atoms with Gasteiger partial charge in [0.05, 0.1) is 11.5 Å². The van der Waals surface area contributed by atoms with E-state index in [4.69, 9.17) is 28.5 Å². The van der Waals surface area contributed by atoms with Crippen LogP contribution >= 0.6 is 23.2 Å². The maximum Gasteiger partial charge on any atom is 0.0829 e. The first-order chi connectivity index (χ1) is 7.01. The second-order valence-electron chi connectivity index (χ2n) is 3.59. The van der Waals surface area contributed by atoms with Gasteiger partial charge < -0.3 is 0 Å². The van der Waals surface area contributed by atoms with Crippen molar-refractivity contribution in [2.24, 2.45) is 0 Å². The molecule has 0 saturated carbocycles. The van der Waals surface area contributed by atoms with Crippen molar-refractivity contribution in [1.82, 2.24) is 0 Å². The number of hydrogen-bond donors (Lipinski definition) is 0. The molecule has 0 N–H and O–H groups in total. The average Bonchev–Trinajstić information content (AvgIpc) is 2.16. The maximum absolute atomic E-state index is 9.17. The van der Waals surface area contributed by atoms with E-state index in [1.54, 1.807) is 24.3 Å². The fourth-order valence-corrected chi connectivity index (χ4v) is 1.92. The Hall–Kier alpha value is -0.970. The Kier molecular flexibility index (Phi) is 3.79. The van der Waals surface area contributed by atoms with Gasteiger partial charge in [0.2, 0.25) is 0 Å². The van der Waals surface area contributed by atoms with Gasteiger partial charge in [0.25, 0.3) is 0 Å². The van der Waals surface area contributed by atoms with Gasteiger partial charge in [0.15, 0.2) is 0 Å². The molecule has 1 aromatic carbocycles. The van der Waals surface area contributed by atoms with E-state index in [1.165, 1.54) is 0 Å². The second-order valence-corrected chi connectivity index (χ2v) is 4.47. The van der Waals surface area contributed by atoms with Gasteiger partial charge in [-0.1, -0.05) is 29.3 Å². The fraction of sp³-hybridized carbons (Fsp3) is 0.250. The molecular formula is C12H11Cl2N. The van der Waals surface area contributed by atoms with E-state index in [1.807, 2.05) is 6.92 Å². The molecule has 0 aromatic heterocycles. The number of nitriles is 1. The van der Waals surface area contributed by atoms with Crippen molar-refractivity contribution >= 4 is 23.2 Å². The third-order valence-electron chi connectivity index (χ3n) is 2.30. The van der Waals surface area contributed by atoms with E-state index < -0.39 is 5.41 Å². The number of rotatable bonds is 3. The predicted octanol–water partition coefficient (Wildman–Crippen LogP) is 4.35. The molecule has 0 aliphatic carbocycles. The van der Waals surface area contributed by atoms with Gasteiger partial charge in [-0.3, -0.25) is 0 Å². The molecule has 1 atom stereocenters. The van der Waals surface area contributed by atoms with E-state index in [0.717, 1.165) is 5.56 Å². The van der Waals surface area contributed by atoms with Crippen molar-refractivity contribution in [2.75, 3.05) is 0 Å². The van der Waals surface area contributed by atoms with Crippen LogP contribution in [-0.2, 0) is 5.41 Å². The van der Waals surface area contributed by atoms with Crippen LogP contribution in [0, 0.1) is 11.3 Å². The van der Waals surface area contributed by atoms with Gasteiger partial charge in [-0.2, -0.15) is 5.26 Å². The van der Waals surface area contributed by atoms with E-state index in [0.29, 0.717) is 16.5 Å². The quantitative estimate of drug-likeness (QED) is 0.720. The van der Waals surface area contributed by atoms with Gasteiger partial charge in [0, 0.05) is 10.0 Å². The Balaban J connectivity index is 3.24. The molecule has 0 saturated heterocycles. The molecule has 0 amide bonds. The molecule has 15 heavy (non-hydrogen) atoms. The van der Waals surface area contributed by atoms with Crippen LogP contribution < -0.4 is 0 Å². The van der Waals surface area contributed by atoms with Gasteiger partial charge >= 0.3 is 0 Å². The van der Waals surface area contributed by atoms with E-state index >= 15 is 0 Å². The highest BCUT2D eigenvalue weighted by molar-refractivity contribution is 6.34. The zero-order chi connectivity index (χ0) is 11.5. The first kappa shape index (κ1) is 12.1. The standard InChI is InChI=1S/C12H11Cl2N/c1-3-4-12(2,8-15)9-5-10(13)7-11(14)6-9/h3,5-7H,1,4H2,2H3. The second kappa shape index (κ2) is 4.70. The number of hydrogen-bond acceptors (Lipinski definition) is 1. The van der Waals surface area contributed by atoms with Crippen molar-refractivity contribution in [3.63, 3.8) is 0 Å². The Bertz CT molecular complexity index is 400. The van der Waals surface area contributed by atoms with Gasteiger partial charge in [-0.15, -0.1) is 6.58 Å². The Labute approximate surface area is 99.9 Å². The van der Waals surface area contributed by atoms with Crippen LogP contribution in [0.1, 0.15) is 18.9 Å². The Morgan fingerprint density at radius 1 is 1.40 bits per heavy atom. The molecular weight excluding hydrogens is 229 g/mol. The molecule has 1 unspecified atom stereocenters. The molecule has 1 nitrogen and oxygen atoms in total. The van der Waals surface area contributed by atoms with Crippen molar-refractivity contribution in [3.8, 4) is 6.07 Å². The molecule has 1 rings (SSSR count). The molecule has 1 aromatic rings. The first-order valence-electron chi connectivity index (χ1n) is 4.50. The molecule has 0 aliphatic heterocycles. The summed E-state index contributed by atoms with van der Waals surface area (Å²) in [5.41, 5.74) is 0.207. The van der Waals surface area contributed by atoms with Gasteiger partial charge in [0.1, 0.15) is 0 Å². The highest BCUT2D eigenvalue weighted by Gasteiger charge is 2.25. The van der Waals surface area contributed by atoms with Crippen LogP contribution in [0.4, 0.5) is 0 Å². The van der Waals surface area contributed by atoms with E-state index in [2.05, 4.69) is 12.6 Å². The normalized spacial score (nSPS) is 14.0. The van der Waals surface area contributed by atoms with Crippen LogP contribution in [-0.4, -0.2) is 0 Å². The topological polar surface area (TPSA) is 23.8 Å². The molecule has 0 aliphatic rings. The minimum absolute atomic E-state index is 0.544. The van der Waals surface area contributed by atoms with E-state index in [9.17, 15) is 0 Å². The van der Waals surface area contributed by atoms with Gasteiger partial charge in [-0.25, -0.2) is 0 Å². The lowest BCUT2D eigenvalue weighted by Gasteiger charge is -2.20. The van der Waals surface area contributed by atoms with Crippen molar-refractivity contribution in [1.29, 1.82) is 5.26 Å². The summed E-state index contributed by atoms with van der Waals surface area (Å²) in [6, 6.07) is 7.44. The number of benzene rings is 1. The summed E-state index contributed by atoms with van der Waals surface area (Å²) in [6.45, 7) is 5.49. The van der Waals surface area contributed by atoms with E-state index in [-0.39, 0.29) is 0 Å². The summed E-state index contributed by atoms with van der Waals surface area (Å²) in [7, 11) is 0. The lowest BCUT2D eigenvalue weighted by atomic mass is 9.81. The molecule has 0 spiro atoms. The zero-order valence-electron chi connectivity index (χ0n) is 8.43. The minimum atomic E-state index is -0.615. The van der Waals surface area contributed by atoms with Gasteiger partial charge in [-0.05, 0) is 37.1 Å². The smallest absolute Gasteiger partial charge is 0.0829 e. The Morgan fingerprint density at radius 3 is 2.33 bits per heavy atom. The van der Waals surface area contributed by atoms with Crippen LogP contribution in [0.2, 0.25) is 10.0 Å². The van der Waals surface area contributed by atoms with Crippen molar-refractivity contribution in [2.45, 2.75) is 18.8 Å². The zero-order valence-corrected chi connectivity index (χ0v) is 9.94. The lowest BCUT2D eigenvalue weighted by Crippen LogP contribution is -2.18. The summed E-state index contributed by atoms with van der Waals surface area (Å²) in [5.74, 6) is 0. The maximum atomic E-state index is 9.17. The van der Waals surface area contributed by atoms with Crippen LogP contribution in [0.3, 0.4) is 0 Å². The number of allylic oxidation sites excluding steroid dienone is 1. The molecule has 0 fully saturated rings. The monoisotopic (exact) mass is 239 g/mol. The predicted molar refractivity (Wildman–Crippen MR) is 64.2 cm³/mol. The highest BCUT2D eigenvalue weighted by atomic mass is 35.5. The largest absolute Gasteiger partial charge is 0.197 e. The molecule has 0 bridgehead atoms. The summed E-state index contributed by atoms with van der Waals surface area (Å²) in [6.07, 6.45) is 2.29. The lowest BCUT2D eigenvalue weighted by molar-refractivity contribution is 0.622.